The summed E-state index contributed by atoms with van der Waals surface area (Å²) in [6, 6.07) is 11.4. The van der Waals surface area contributed by atoms with Crippen LogP contribution in [0.5, 0.6) is 5.75 Å². The van der Waals surface area contributed by atoms with Gasteiger partial charge in [-0.1, -0.05) is 18.2 Å². The molecule has 17 heavy (non-hydrogen) atoms. The second-order valence-electron chi connectivity index (χ2n) is 3.78. The second-order valence-corrected chi connectivity index (χ2v) is 3.78. The smallest absolute Gasteiger partial charge is 0.188 e. The maximum atomic E-state index is 11.7. The Balaban J connectivity index is 2.41. The number of carbonyl (C=O) groups excluding carboxylic acids is 1. The maximum absolute atomic E-state index is 11.7. The van der Waals surface area contributed by atoms with E-state index in [-0.39, 0.29) is 12.4 Å². The van der Waals surface area contributed by atoms with E-state index in [2.05, 4.69) is 0 Å². The molecular formula is C14H14O3. The van der Waals surface area contributed by atoms with Crippen molar-refractivity contribution in [1.29, 1.82) is 0 Å². The standard InChI is InChI=1S/C14H14O3/c1-16-9-14(15)12-4-3-11-8-13(17-2)6-5-10(11)7-12/h3-8H,9H2,1-2H3. The molecule has 0 aromatic heterocycles. The lowest BCUT2D eigenvalue weighted by Crippen LogP contribution is -2.06. The van der Waals surface area contributed by atoms with Crippen molar-refractivity contribution in [1.82, 2.24) is 0 Å². The van der Waals surface area contributed by atoms with E-state index in [1.165, 1.54) is 7.11 Å². The molecule has 0 bridgehead atoms. The highest BCUT2D eigenvalue weighted by molar-refractivity contribution is 6.00. The fourth-order valence-electron chi connectivity index (χ4n) is 1.74. The van der Waals surface area contributed by atoms with Crippen LogP contribution in [0.3, 0.4) is 0 Å². The number of carbonyl (C=O) groups is 1. The average molecular weight is 230 g/mol. The Morgan fingerprint density at radius 1 is 1.06 bits per heavy atom. The summed E-state index contributed by atoms with van der Waals surface area (Å²) in [5.74, 6) is 0.804. The molecule has 2 rings (SSSR count). The molecule has 0 saturated heterocycles. The van der Waals surface area contributed by atoms with Gasteiger partial charge < -0.3 is 9.47 Å². The van der Waals surface area contributed by atoms with Crippen molar-refractivity contribution in [2.45, 2.75) is 0 Å². The Hall–Kier alpha value is -1.87. The molecule has 0 spiro atoms. The lowest BCUT2D eigenvalue weighted by Gasteiger charge is -2.05. The minimum Gasteiger partial charge on any atom is -0.497 e. The monoisotopic (exact) mass is 230 g/mol. The van der Waals surface area contributed by atoms with Crippen LogP contribution in [-0.2, 0) is 4.74 Å². The number of rotatable bonds is 4. The molecule has 0 aliphatic carbocycles. The Morgan fingerprint density at radius 3 is 2.47 bits per heavy atom. The van der Waals surface area contributed by atoms with Crippen LogP contribution in [0, 0.1) is 0 Å². The van der Waals surface area contributed by atoms with Crippen LogP contribution >= 0.6 is 0 Å². The van der Waals surface area contributed by atoms with E-state index in [4.69, 9.17) is 9.47 Å². The van der Waals surface area contributed by atoms with Gasteiger partial charge >= 0.3 is 0 Å². The van der Waals surface area contributed by atoms with Crippen molar-refractivity contribution in [2.24, 2.45) is 0 Å². The second kappa shape index (κ2) is 4.97. The number of hydrogen-bond donors (Lipinski definition) is 0. The number of fused-ring (bicyclic) bond motifs is 1. The molecule has 0 radical (unpaired) electrons. The van der Waals surface area contributed by atoms with Gasteiger partial charge in [0.2, 0.25) is 0 Å². The summed E-state index contributed by atoms with van der Waals surface area (Å²) in [6.45, 7) is 0.113. The summed E-state index contributed by atoms with van der Waals surface area (Å²) in [7, 11) is 3.15. The first-order valence-electron chi connectivity index (χ1n) is 5.34. The summed E-state index contributed by atoms with van der Waals surface area (Å²) in [4.78, 5) is 11.7. The van der Waals surface area contributed by atoms with Crippen LogP contribution in [-0.4, -0.2) is 26.6 Å². The number of benzene rings is 2. The van der Waals surface area contributed by atoms with Gasteiger partial charge in [-0.15, -0.1) is 0 Å². The van der Waals surface area contributed by atoms with Crippen molar-refractivity contribution in [3.63, 3.8) is 0 Å². The van der Waals surface area contributed by atoms with Crippen LogP contribution in [0.15, 0.2) is 36.4 Å². The number of Topliss-reactive ketones (excluding diaryl/α,β-unsaturated/α-hetero) is 1. The summed E-state index contributed by atoms with van der Waals surface area (Å²) in [6.07, 6.45) is 0. The molecule has 0 atom stereocenters. The number of methoxy groups -OCH3 is 2. The van der Waals surface area contributed by atoms with Gasteiger partial charge in [-0.25, -0.2) is 0 Å². The first-order chi connectivity index (χ1) is 8.24. The normalized spacial score (nSPS) is 10.5. The molecule has 0 heterocycles. The molecular weight excluding hydrogens is 216 g/mol. The highest BCUT2D eigenvalue weighted by Crippen LogP contribution is 2.22. The molecule has 0 fully saturated rings. The third kappa shape index (κ3) is 2.45. The largest absolute Gasteiger partial charge is 0.497 e. The zero-order chi connectivity index (χ0) is 12.3. The minimum atomic E-state index is -0.00906. The Kier molecular flexibility index (Phi) is 3.40. The Labute approximate surface area is 100.0 Å². The van der Waals surface area contributed by atoms with Crippen LogP contribution in [0.2, 0.25) is 0 Å². The molecule has 3 nitrogen and oxygen atoms in total. The van der Waals surface area contributed by atoms with E-state index >= 15 is 0 Å². The third-order valence-corrected chi connectivity index (χ3v) is 2.64. The van der Waals surface area contributed by atoms with Crippen molar-refractivity contribution < 1.29 is 14.3 Å². The van der Waals surface area contributed by atoms with Gasteiger partial charge in [0.05, 0.1) is 7.11 Å². The van der Waals surface area contributed by atoms with Crippen LogP contribution in [0.1, 0.15) is 10.4 Å². The van der Waals surface area contributed by atoms with Crippen molar-refractivity contribution in [3.8, 4) is 5.75 Å². The molecule has 0 saturated carbocycles. The first kappa shape index (κ1) is 11.6. The average Bonchev–Trinajstić information content (AvgIpc) is 2.37. The van der Waals surface area contributed by atoms with Crippen LogP contribution in [0.25, 0.3) is 10.8 Å². The van der Waals surface area contributed by atoms with Gasteiger partial charge in [-0.05, 0) is 29.0 Å². The third-order valence-electron chi connectivity index (χ3n) is 2.64. The molecule has 0 N–H and O–H groups in total. The van der Waals surface area contributed by atoms with Gasteiger partial charge in [-0.2, -0.15) is 0 Å². The van der Waals surface area contributed by atoms with Gasteiger partial charge in [0.1, 0.15) is 12.4 Å². The van der Waals surface area contributed by atoms with E-state index in [9.17, 15) is 4.79 Å². The zero-order valence-electron chi connectivity index (χ0n) is 9.90. The van der Waals surface area contributed by atoms with Crippen LogP contribution in [0.4, 0.5) is 0 Å². The molecule has 0 aliphatic rings. The van der Waals surface area contributed by atoms with Gasteiger partial charge in [0.15, 0.2) is 5.78 Å². The Bertz CT molecular complexity index is 546. The quantitative estimate of drug-likeness (QED) is 0.757. The SMILES string of the molecule is COCC(=O)c1ccc2cc(OC)ccc2c1. The van der Waals surface area contributed by atoms with Gasteiger partial charge in [0, 0.05) is 12.7 Å². The molecule has 0 unspecified atom stereocenters. The number of ether oxygens (including phenoxy) is 2. The molecule has 88 valence electrons. The van der Waals surface area contributed by atoms with Crippen LogP contribution < -0.4 is 4.74 Å². The summed E-state index contributed by atoms with van der Waals surface area (Å²) >= 11 is 0. The maximum Gasteiger partial charge on any atom is 0.188 e. The van der Waals surface area contributed by atoms with E-state index in [1.807, 2.05) is 36.4 Å². The summed E-state index contributed by atoms with van der Waals surface area (Å²) in [5, 5.41) is 2.08. The molecule has 2 aromatic carbocycles. The summed E-state index contributed by atoms with van der Waals surface area (Å²) in [5.41, 5.74) is 0.671. The fraction of sp³-hybridized carbons (Fsp3) is 0.214. The highest BCUT2D eigenvalue weighted by Gasteiger charge is 2.06. The predicted molar refractivity (Wildman–Crippen MR) is 66.7 cm³/mol. The molecule has 2 aromatic rings. The fourth-order valence-corrected chi connectivity index (χ4v) is 1.74. The van der Waals surface area contributed by atoms with E-state index in [0.29, 0.717) is 5.56 Å². The van der Waals surface area contributed by atoms with Gasteiger partial charge in [-0.3, -0.25) is 4.79 Å². The van der Waals surface area contributed by atoms with Crippen molar-refractivity contribution in [3.05, 3.63) is 42.0 Å². The van der Waals surface area contributed by atoms with E-state index in [0.717, 1.165) is 16.5 Å². The van der Waals surface area contributed by atoms with Crippen molar-refractivity contribution >= 4 is 16.6 Å². The summed E-state index contributed by atoms with van der Waals surface area (Å²) < 4.78 is 9.99. The number of ketones is 1. The minimum absolute atomic E-state index is 0.00906. The van der Waals surface area contributed by atoms with Crippen molar-refractivity contribution in [2.75, 3.05) is 20.8 Å². The van der Waals surface area contributed by atoms with Gasteiger partial charge in [0.25, 0.3) is 0 Å². The van der Waals surface area contributed by atoms with E-state index in [1.54, 1.807) is 7.11 Å². The lowest BCUT2D eigenvalue weighted by molar-refractivity contribution is 0.0848. The molecule has 3 heteroatoms. The molecule has 0 amide bonds. The lowest BCUT2D eigenvalue weighted by atomic mass is 10.0. The molecule has 0 aliphatic heterocycles. The first-order valence-corrected chi connectivity index (χ1v) is 5.34. The topological polar surface area (TPSA) is 35.5 Å². The highest BCUT2D eigenvalue weighted by atomic mass is 16.5. The predicted octanol–water partition coefficient (Wildman–Crippen LogP) is 2.68. The number of hydrogen-bond acceptors (Lipinski definition) is 3. The zero-order valence-corrected chi connectivity index (χ0v) is 9.90. The van der Waals surface area contributed by atoms with E-state index < -0.39 is 0 Å². The Morgan fingerprint density at radius 2 is 1.76 bits per heavy atom.